The number of amides is 1. The number of likely N-dealkylation sites (tertiary alicyclic amines) is 1. The van der Waals surface area contributed by atoms with Gasteiger partial charge < -0.3 is 15.4 Å². The molecular formula is C19H27N3O2. The third kappa shape index (κ3) is 4.08. The zero-order chi connectivity index (χ0) is 16.4. The number of ether oxygens (including phenoxy) is 1. The van der Waals surface area contributed by atoms with Crippen LogP contribution in [0.1, 0.15) is 37.7 Å². The lowest BCUT2D eigenvalue weighted by Crippen LogP contribution is -2.55. The Kier molecular flexibility index (Phi) is 4.72. The Bertz CT molecular complexity index is 555. The van der Waals surface area contributed by atoms with Gasteiger partial charge in [-0.3, -0.25) is 4.90 Å². The van der Waals surface area contributed by atoms with Gasteiger partial charge in [-0.2, -0.15) is 0 Å². The molecule has 1 unspecified atom stereocenters. The van der Waals surface area contributed by atoms with Gasteiger partial charge in [0.25, 0.3) is 0 Å². The van der Waals surface area contributed by atoms with E-state index in [9.17, 15) is 4.79 Å². The molecule has 4 rings (SSSR count). The summed E-state index contributed by atoms with van der Waals surface area (Å²) in [6, 6.07) is 12.1. The first-order valence-electron chi connectivity index (χ1n) is 9.23. The molecule has 1 aromatic carbocycles. The van der Waals surface area contributed by atoms with Gasteiger partial charge in [0.1, 0.15) is 6.61 Å². The lowest BCUT2D eigenvalue weighted by molar-refractivity contribution is 0.124. The lowest BCUT2D eigenvalue weighted by atomic mass is 9.86. The molecule has 2 N–H and O–H groups in total. The third-order valence-electron chi connectivity index (χ3n) is 5.43. The first-order chi connectivity index (χ1) is 11.8. The monoisotopic (exact) mass is 329 g/mol. The Labute approximate surface area is 143 Å². The number of nitrogens with one attached hydrogen (secondary N) is 2. The second-order valence-electron chi connectivity index (χ2n) is 7.45. The molecule has 24 heavy (non-hydrogen) atoms. The quantitative estimate of drug-likeness (QED) is 0.841. The van der Waals surface area contributed by atoms with Crippen LogP contribution in [0.3, 0.4) is 0 Å². The number of rotatable bonds is 6. The lowest BCUT2D eigenvalue weighted by Gasteiger charge is -2.37. The van der Waals surface area contributed by atoms with E-state index in [-0.39, 0.29) is 12.1 Å². The average Bonchev–Trinajstić information content (AvgIpc) is 3.31. The summed E-state index contributed by atoms with van der Waals surface area (Å²) in [5.74, 6) is 0. The Morgan fingerprint density at radius 2 is 1.88 bits per heavy atom. The minimum atomic E-state index is -0.303. The van der Waals surface area contributed by atoms with Crippen molar-refractivity contribution in [3.63, 3.8) is 0 Å². The van der Waals surface area contributed by atoms with Crippen molar-refractivity contribution in [3.05, 3.63) is 35.9 Å². The Morgan fingerprint density at radius 1 is 1.08 bits per heavy atom. The molecule has 1 heterocycles. The van der Waals surface area contributed by atoms with E-state index in [4.69, 9.17) is 4.74 Å². The number of benzene rings is 1. The van der Waals surface area contributed by atoms with Crippen molar-refractivity contribution in [1.82, 2.24) is 15.5 Å². The van der Waals surface area contributed by atoms with Crippen molar-refractivity contribution in [3.8, 4) is 0 Å². The van der Waals surface area contributed by atoms with E-state index in [1.54, 1.807) is 0 Å². The Morgan fingerprint density at radius 3 is 2.62 bits per heavy atom. The summed E-state index contributed by atoms with van der Waals surface area (Å²) in [6.45, 7) is 2.79. The van der Waals surface area contributed by atoms with Gasteiger partial charge in [0.15, 0.2) is 0 Å². The van der Waals surface area contributed by atoms with Crippen molar-refractivity contribution >= 4 is 6.09 Å². The maximum Gasteiger partial charge on any atom is 0.407 e. The van der Waals surface area contributed by atoms with E-state index in [0.29, 0.717) is 18.7 Å². The highest BCUT2D eigenvalue weighted by atomic mass is 16.5. The van der Waals surface area contributed by atoms with Gasteiger partial charge >= 0.3 is 6.09 Å². The van der Waals surface area contributed by atoms with Crippen LogP contribution in [-0.2, 0) is 11.3 Å². The third-order valence-corrected chi connectivity index (χ3v) is 5.43. The van der Waals surface area contributed by atoms with Gasteiger partial charge in [-0.05, 0) is 37.7 Å². The first kappa shape index (κ1) is 15.9. The molecule has 2 saturated carbocycles. The van der Waals surface area contributed by atoms with Crippen LogP contribution >= 0.6 is 0 Å². The predicted octanol–water partition coefficient (Wildman–Crippen LogP) is 2.27. The number of nitrogens with zero attached hydrogens (tertiary/aromatic N) is 1. The van der Waals surface area contributed by atoms with Crippen molar-refractivity contribution < 1.29 is 9.53 Å². The number of hydrogen-bond acceptors (Lipinski definition) is 4. The smallest absolute Gasteiger partial charge is 0.407 e. The first-order valence-corrected chi connectivity index (χ1v) is 9.23. The van der Waals surface area contributed by atoms with E-state index in [0.717, 1.165) is 24.4 Å². The zero-order valence-corrected chi connectivity index (χ0v) is 14.1. The molecule has 0 aromatic heterocycles. The molecule has 1 saturated heterocycles. The molecular weight excluding hydrogens is 302 g/mol. The average molecular weight is 329 g/mol. The van der Waals surface area contributed by atoms with Gasteiger partial charge in [0, 0.05) is 37.3 Å². The van der Waals surface area contributed by atoms with Crippen molar-refractivity contribution in [2.24, 2.45) is 0 Å². The molecule has 5 heteroatoms. The van der Waals surface area contributed by atoms with Crippen molar-refractivity contribution in [2.45, 2.75) is 62.9 Å². The maximum atomic E-state index is 11.8. The summed E-state index contributed by atoms with van der Waals surface area (Å²) in [5.41, 5.74) is 1.02. The van der Waals surface area contributed by atoms with Crippen LogP contribution in [0.4, 0.5) is 4.79 Å². The highest BCUT2D eigenvalue weighted by molar-refractivity contribution is 5.67. The topological polar surface area (TPSA) is 53.6 Å². The zero-order valence-electron chi connectivity index (χ0n) is 14.1. The van der Waals surface area contributed by atoms with Gasteiger partial charge in [-0.1, -0.05) is 30.3 Å². The van der Waals surface area contributed by atoms with Crippen molar-refractivity contribution in [2.75, 3.05) is 13.1 Å². The van der Waals surface area contributed by atoms with Gasteiger partial charge in [-0.15, -0.1) is 0 Å². The van der Waals surface area contributed by atoms with Gasteiger partial charge in [0.05, 0.1) is 0 Å². The number of hydrogen-bond donors (Lipinski definition) is 2. The molecule has 0 radical (unpaired) electrons. The molecule has 0 spiro atoms. The summed E-state index contributed by atoms with van der Waals surface area (Å²) in [6.07, 6.45) is 5.79. The molecule has 0 bridgehead atoms. The molecule has 1 aliphatic heterocycles. The number of carbonyl (C=O) groups is 1. The molecule has 2 aliphatic carbocycles. The van der Waals surface area contributed by atoms with Crippen LogP contribution in [0.15, 0.2) is 30.3 Å². The van der Waals surface area contributed by atoms with Crippen LogP contribution in [-0.4, -0.2) is 48.3 Å². The fraction of sp³-hybridized carbons (Fsp3) is 0.632. The molecule has 130 valence electrons. The van der Waals surface area contributed by atoms with Crippen LogP contribution in [0.5, 0.6) is 0 Å². The summed E-state index contributed by atoms with van der Waals surface area (Å²) in [5, 5.41) is 6.72. The van der Waals surface area contributed by atoms with E-state index >= 15 is 0 Å². The molecule has 1 aromatic rings. The van der Waals surface area contributed by atoms with E-state index < -0.39 is 0 Å². The summed E-state index contributed by atoms with van der Waals surface area (Å²) >= 11 is 0. The second-order valence-corrected chi connectivity index (χ2v) is 7.45. The van der Waals surface area contributed by atoms with Gasteiger partial charge in [0.2, 0.25) is 0 Å². The van der Waals surface area contributed by atoms with Crippen LogP contribution in [0, 0.1) is 0 Å². The highest BCUT2D eigenvalue weighted by Gasteiger charge is 2.37. The van der Waals surface area contributed by atoms with Crippen molar-refractivity contribution in [1.29, 1.82) is 0 Å². The summed E-state index contributed by atoms with van der Waals surface area (Å²) in [4.78, 5) is 14.5. The molecule has 5 nitrogen and oxygen atoms in total. The Balaban J connectivity index is 1.10. The Hall–Kier alpha value is -1.59. The summed E-state index contributed by atoms with van der Waals surface area (Å²) in [7, 11) is 0. The number of alkyl carbamates (subject to hydrolysis) is 1. The predicted molar refractivity (Wildman–Crippen MR) is 92.7 cm³/mol. The minimum absolute atomic E-state index is 0.256. The molecule has 1 atom stereocenters. The highest BCUT2D eigenvalue weighted by Crippen LogP contribution is 2.30. The SMILES string of the molecule is O=C(NC1CC(NC2CCN(C3CC3)C2)C1)OCc1ccccc1. The summed E-state index contributed by atoms with van der Waals surface area (Å²) < 4.78 is 5.27. The van der Waals surface area contributed by atoms with Crippen LogP contribution in [0.25, 0.3) is 0 Å². The van der Waals surface area contributed by atoms with Gasteiger partial charge in [-0.25, -0.2) is 4.79 Å². The molecule has 1 amide bonds. The standard InChI is InChI=1S/C19H27N3O2/c23-19(24-13-14-4-2-1-3-5-14)21-17-10-16(11-17)20-15-8-9-22(12-15)18-6-7-18/h1-5,15-18,20H,6-13H2,(H,21,23). The normalized spacial score (nSPS) is 29.9. The number of carbonyl (C=O) groups excluding carboxylic acids is 1. The van der Waals surface area contributed by atoms with E-state index in [2.05, 4.69) is 15.5 Å². The fourth-order valence-electron chi connectivity index (χ4n) is 3.83. The van der Waals surface area contributed by atoms with Crippen LogP contribution in [0.2, 0.25) is 0 Å². The van der Waals surface area contributed by atoms with E-state index in [1.165, 1.54) is 32.4 Å². The maximum absolute atomic E-state index is 11.8. The fourth-order valence-corrected chi connectivity index (χ4v) is 3.83. The largest absolute Gasteiger partial charge is 0.445 e. The molecule has 3 fully saturated rings. The van der Waals surface area contributed by atoms with E-state index in [1.807, 2.05) is 30.3 Å². The minimum Gasteiger partial charge on any atom is -0.445 e. The molecule has 3 aliphatic rings. The second kappa shape index (κ2) is 7.11. The van der Waals surface area contributed by atoms with Crippen LogP contribution < -0.4 is 10.6 Å².